The van der Waals surface area contributed by atoms with Gasteiger partial charge in [-0.2, -0.15) is 0 Å². The number of benzene rings is 2. The Balaban J connectivity index is 2.09. The van der Waals surface area contributed by atoms with Crippen LogP contribution >= 0.6 is 0 Å². The number of carboxylic acids is 1. The predicted molar refractivity (Wildman–Crippen MR) is 89.2 cm³/mol. The summed E-state index contributed by atoms with van der Waals surface area (Å²) in [7, 11) is 0. The van der Waals surface area contributed by atoms with Gasteiger partial charge >= 0.3 is 5.97 Å². The van der Waals surface area contributed by atoms with Gasteiger partial charge in [0.1, 0.15) is 17.7 Å². The van der Waals surface area contributed by atoms with Crippen LogP contribution in [0.1, 0.15) is 22.3 Å². The number of aliphatic carboxylic acids is 1. The third kappa shape index (κ3) is 4.86. The second-order valence-corrected chi connectivity index (χ2v) is 5.96. The fourth-order valence-corrected chi connectivity index (χ4v) is 2.47. The summed E-state index contributed by atoms with van der Waals surface area (Å²) in [5.41, 5.74) is 2.47. The lowest BCUT2D eigenvalue weighted by molar-refractivity contribution is -0.141. The zero-order valence-corrected chi connectivity index (χ0v) is 14.0. The summed E-state index contributed by atoms with van der Waals surface area (Å²) < 4.78 is 27.2. The minimum Gasteiger partial charge on any atom is -0.480 e. The molecule has 2 rings (SSSR count). The average Bonchev–Trinajstić information content (AvgIpc) is 2.54. The summed E-state index contributed by atoms with van der Waals surface area (Å²) in [6.45, 7) is 3.85. The smallest absolute Gasteiger partial charge is 0.326 e. The molecule has 0 radical (unpaired) electrons. The zero-order chi connectivity index (χ0) is 18.6. The first-order valence-electron chi connectivity index (χ1n) is 7.79. The van der Waals surface area contributed by atoms with E-state index in [0.717, 1.165) is 28.8 Å². The normalized spacial score (nSPS) is 11.8. The molecule has 1 atom stereocenters. The van der Waals surface area contributed by atoms with Crippen LogP contribution in [-0.4, -0.2) is 23.0 Å². The number of carboxylic acid groups (broad SMARTS) is 1. The van der Waals surface area contributed by atoms with Gasteiger partial charge in [0.2, 0.25) is 5.91 Å². The molecule has 0 spiro atoms. The number of halogens is 2. The maximum Gasteiger partial charge on any atom is 0.326 e. The van der Waals surface area contributed by atoms with E-state index in [1.165, 1.54) is 6.07 Å². The Bertz CT molecular complexity index is 785. The summed E-state index contributed by atoms with van der Waals surface area (Å²) in [5, 5.41) is 11.6. The van der Waals surface area contributed by atoms with Gasteiger partial charge in [0.15, 0.2) is 0 Å². The van der Waals surface area contributed by atoms with Crippen molar-refractivity contribution in [3.05, 3.63) is 70.3 Å². The topological polar surface area (TPSA) is 66.4 Å². The molecule has 0 aliphatic heterocycles. The van der Waals surface area contributed by atoms with Gasteiger partial charge in [0, 0.05) is 12.0 Å². The van der Waals surface area contributed by atoms with Gasteiger partial charge in [-0.3, -0.25) is 4.79 Å². The molecule has 0 saturated carbocycles. The molecule has 0 heterocycles. The van der Waals surface area contributed by atoms with Crippen LogP contribution in [0, 0.1) is 25.5 Å². The third-order valence-electron chi connectivity index (χ3n) is 4.04. The Morgan fingerprint density at radius 1 is 1.08 bits per heavy atom. The van der Waals surface area contributed by atoms with Crippen molar-refractivity contribution < 1.29 is 23.5 Å². The van der Waals surface area contributed by atoms with E-state index in [4.69, 9.17) is 0 Å². The lowest BCUT2D eigenvalue weighted by atomic mass is 10.0. The van der Waals surface area contributed by atoms with Crippen LogP contribution in [0.2, 0.25) is 0 Å². The number of hydrogen-bond donors (Lipinski definition) is 2. The molecule has 2 aromatic rings. The lowest BCUT2D eigenvalue weighted by Gasteiger charge is -2.16. The molecule has 0 aliphatic carbocycles. The van der Waals surface area contributed by atoms with E-state index >= 15 is 0 Å². The van der Waals surface area contributed by atoms with E-state index in [0.29, 0.717) is 0 Å². The van der Waals surface area contributed by atoms with Crippen LogP contribution in [-0.2, 0) is 22.4 Å². The van der Waals surface area contributed by atoms with Gasteiger partial charge in [-0.15, -0.1) is 0 Å². The van der Waals surface area contributed by atoms with Crippen molar-refractivity contribution in [3.63, 3.8) is 0 Å². The monoisotopic (exact) mass is 347 g/mol. The molecule has 0 saturated heterocycles. The highest BCUT2D eigenvalue weighted by atomic mass is 19.1. The summed E-state index contributed by atoms with van der Waals surface area (Å²) in [6.07, 6.45) is -0.475. The predicted octanol–water partition coefficient (Wildman–Crippen LogP) is 2.94. The molecule has 132 valence electrons. The van der Waals surface area contributed by atoms with E-state index in [-0.39, 0.29) is 12.0 Å². The molecule has 6 heteroatoms. The van der Waals surface area contributed by atoms with Crippen LogP contribution < -0.4 is 5.32 Å². The number of rotatable bonds is 6. The number of hydrogen-bond acceptors (Lipinski definition) is 2. The minimum absolute atomic E-state index is 0.0853. The second-order valence-electron chi connectivity index (χ2n) is 5.96. The summed E-state index contributed by atoms with van der Waals surface area (Å²) in [6, 6.07) is 7.65. The van der Waals surface area contributed by atoms with Crippen LogP contribution in [0.4, 0.5) is 8.78 Å². The molecule has 0 bridgehead atoms. The van der Waals surface area contributed by atoms with Gasteiger partial charge in [0.25, 0.3) is 0 Å². The van der Waals surface area contributed by atoms with Crippen molar-refractivity contribution in [2.75, 3.05) is 0 Å². The first-order valence-corrected chi connectivity index (χ1v) is 7.79. The number of amides is 1. The Morgan fingerprint density at radius 2 is 1.72 bits per heavy atom. The van der Waals surface area contributed by atoms with Crippen molar-refractivity contribution in [1.29, 1.82) is 0 Å². The molecule has 2 aromatic carbocycles. The van der Waals surface area contributed by atoms with Crippen LogP contribution in [0.15, 0.2) is 36.4 Å². The molecule has 0 aromatic heterocycles. The van der Waals surface area contributed by atoms with Gasteiger partial charge in [-0.25, -0.2) is 13.6 Å². The molecular weight excluding hydrogens is 328 g/mol. The van der Waals surface area contributed by atoms with Crippen molar-refractivity contribution in [1.82, 2.24) is 5.32 Å². The Kier molecular flexibility index (Phi) is 5.85. The minimum atomic E-state index is -1.21. The maximum absolute atomic E-state index is 13.6. The zero-order valence-electron chi connectivity index (χ0n) is 14.0. The van der Waals surface area contributed by atoms with E-state index < -0.39 is 36.0 Å². The first-order chi connectivity index (χ1) is 11.8. The van der Waals surface area contributed by atoms with Crippen molar-refractivity contribution >= 4 is 11.9 Å². The molecule has 25 heavy (non-hydrogen) atoms. The van der Waals surface area contributed by atoms with Gasteiger partial charge in [0.05, 0.1) is 6.42 Å². The van der Waals surface area contributed by atoms with Crippen molar-refractivity contribution in [2.45, 2.75) is 32.7 Å². The van der Waals surface area contributed by atoms with Crippen LogP contribution in [0.3, 0.4) is 0 Å². The SMILES string of the molecule is Cc1ccc(C[C@H](NC(=O)Cc2c(F)cccc2F)C(=O)O)cc1C. The third-order valence-corrected chi connectivity index (χ3v) is 4.04. The number of nitrogens with one attached hydrogen (secondary N) is 1. The quantitative estimate of drug-likeness (QED) is 0.844. The van der Waals surface area contributed by atoms with Crippen molar-refractivity contribution in [3.8, 4) is 0 Å². The molecule has 1 amide bonds. The number of carbonyl (C=O) groups is 2. The molecule has 2 N–H and O–H groups in total. The molecular formula is C19H19F2NO3. The number of carbonyl (C=O) groups excluding carboxylic acids is 1. The van der Waals surface area contributed by atoms with Gasteiger partial charge in [-0.1, -0.05) is 24.3 Å². The van der Waals surface area contributed by atoms with Crippen molar-refractivity contribution in [2.24, 2.45) is 0 Å². The molecule has 4 nitrogen and oxygen atoms in total. The number of aryl methyl sites for hydroxylation is 2. The highest BCUT2D eigenvalue weighted by Crippen LogP contribution is 2.14. The van der Waals surface area contributed by atoms with E-state index in [9.17, 15) is 23.5 Å². The fourth-order valence-electron chi connectivity index (χ4n) is 2.47. The van der Waals surface area contributed by atoms with E-state index in [2.05, 4.69) is 5.32 Å². The molecule has 0 aliphatic rings. The second kappa shape index (κ2) is 7.88. The van der Waals surface area contributed by atoms with Crippen LogP contribution in [0.5, 0.6) is 0 Å². The fraction of sp³-hybridized carbons (Fsp3) is 0.263. The Labute approximate surface area is 144 Å². The van der Waals surface area contributed by atoms with E-state index in [1.54, 1.807) is 6.07 Å². The van der Waals surface area contributed by atoms with Gasteiger partial charge in [-0.05, 0) is 42.7 Å². The highest BCUT2D eigenvalue weighted by Gasteiger charge is 2.22. The highest BCUT2D eigenvalue weighted by molar-refractivity contribution is 5.85. The maximum atomic E-state index is 13.6. The summed E-state index contributed by atoms with van der Waals surface area (Å²) in [4.78, 5) is 23.4. The lowest BCUT2D eigenvalue weighted by Crippen LogP contribution is -2.43. The largest absolute Gasteiger partial charge is 0.480 e. The summed E-state index contributed by atoms with van der Waals surface area (Å²) in [5.74, 6) is -3.63. The Morgan fingerprint density at radius 3 is 2.28 bits per heavy atom. The van der Waals surface area contributed by atoms with Crippen LogP contribution in [0.25, 0.3) is 0 Å². The average molecular weight is 347 g/mol. The van der Waals surface area contributed by atoms with E-state index in [1.807, 2.05) is 26.0 Å². The molecule has 0 fully saturated rings. The van der Waals surface area contributed by atoms with Gasteiger partial charge < -0.3 is 10.4 Å². The first kappa shape index (κ1) is 18.6. The standard InChI is InChI=1S/C19H19F2NO3/c1-11-6-7-13(8-12(11)2)9-17(19(24)25)22-18(23)10-14-15(20)4-3-5-16(14)21/h3-8,17H,9-10H2,1-2H3,(H,22,23)(H,24,25)/t17-/m0/s1. The molecule has 0 unspecified atom stereocenters. The Hall–Kier alpha value is -2.76. The summed E-state index contributed by atoms with van der Waals surface area (Å²) >= 11 is 0.